The third kappa shape index (κ3) is 48.8. The zero-order valence-corrected chi connectivity index (χ0v) is 40.9. The van der Waals surface area contributed by atoms with Gasteiger partial charge in [-0.3, -0.25) is 14.4 Å². The summed E-state index contributed by atoms with van der Waals surface area (Å²) in [6.45, 7) is 6.62. The van der Waals surface area contributed by atoms with Crippen LogP contribution in [0.4, 0.5) is 0 Å². The molecule has 6 heteroatoms. The molecule has 0 N–H and O–H groups in total. The van der Waals surface area contributed by atoms with Crippen molar-refractivity contribution < 1.29 is 28.6 Å². The number of carbonyl (C=O) groups excluding carboxylic acids is 3. The quantitative estimate of drug-likeness (QED) is 0.0262. The Kier molecular flexibility index (Phi) is 48.8. The summed E-state index contributed by atoms with van der Waals surface area (Å²) in [6, 6.07) is 0. The standard InChI is InChI=1S/C55H102O6/c1-4-7-10-13-16-19-22-25-26-27-28-31-33-36-39-42-45-48-54(57)60-51-52(61-55(58)49-46-43-40-37-34-30-24-21-18-15-12-9-6-3)50-59-53(56)47-44-41-38-35-32-29-23-20-17-14-11-8-5-2/h30,34,40,43,52H,4-29,31-33,35-39,41-42,44-51H2,1-3H3/b34-30+,43-40+. The summed E-state index contributed by atoms with van der Waals surface area (Å²) in [4.78, 5) is 37.9. The molecule has 0 rings (SSSR count). The van der Waals surface area contributed by atoms with E-state index in [0.717, 1.165) is 51.4 Å². The lowest BCUT2D eigenvalue weighted by Gasteiger charge is -2.18. The van der Waals surface area contributed by atoms with Crippen molar-refractivity contribution in [3.8, 4) is 0 Å². The van der Waals surface area contributed by atoms with E-state index in [4.69, 9.17) is 14.2 Å². The Morgan fingerprint density at radius 3 is 0.967 bits per heavy atom. The molecule has 0 spiro atoms. The van der Waals surface area contributed by atoms with E-state index in [9.17, 15) is 14.4 Å². The van der Waals surface area contributed by atoms with Gasteiger partial charge in [-0.25, -0.2) is 0 Å². The number of unbranched alkanes of at least 4 members (excludes halogenated alkanes) is 34. The molecule has 1 atom stereocenters. The first kappa shape index (κ1) is 58.9. The summed E-state index contributed by atoms with van der Waals surface area (Å²) >= 11 is 0. The van der Waals surface area contributed by atoms with Gasteiger partial charge in [-0.15, -0.1) is 0 Å². The minimum Gasteiger partial charge on any atom is -0.462 e. The van der Waals surface area contributed by atoms with Gasteiger partial charge in [-0.1, -0.05) is 257 Å². The number of esters is 3. The Morgan fingerprint density at radius 2 is 0.623 bits per heavy atom. The van der Waals surface area contributed by atoms with Crippen molar-refractivity contribution in [2.45, 2.75) is 297 Å². The largest absolute Gasteiger partial charge is 0.462 e. The zero-order valence-electron chi connectivity index (χ0n) is 40.9. The van der Waals surface area contributed by atoms with E-state index in [2.05, 4.69) is 39.0 Å². The van der Waals surface area contributed by atoms with Crippen LogP contribution in [-0.2, 0) is 28.6 Å². The number of carbonyl (C=O) groups is 3. The average Bonchev–Trinajstić information content (AvgIpc) is 3.26. The molecular formula is C55H102O6. The molecule has 0 heterocycles. The minimum absolute atomic E-state index is 0.0885. The van der Waals surface area contributed by atoms with Crippen LogP contribution in [0.2, 0.25) is 0 Å². The highest BCUT2D eigenvalue weighted by atomic mass is 16.6. The fraction of sp³-hybridized carbons (Fsp3) is 0.873. The van der Waals surface area contributed by atoms with Crippen molar-refractivity contribution in [1.29, 1.82) is 0 Å². The van der Waals surface area contributed by atoms with Crippen LogP contribution < -0.4 is 0 Å². The molecule has 0 fully saturated rings. The number of allylic oxidation sites excluding steroid dienone is 4. The average molecular weight is 859 g/mol. The molecule has 0 aromatic heterocycles. The van der Waals surface area contributed by atoms with Gasteiger partial charge in [-0.05, 0) is 38.5 Å². The van der Waals surface area contributed by atoms with Gasteiger partial charge in [0.1, 0.15) is 13.2 Å². The highest BCUT2D eigenvalue weighted by Crippen LogP contribution is 2.16. The summed E-state index contributed by atoms with van der Waals surface area (Å²) in [5.41, 5.74) is 0. The molecule has 358 valence electrons. The molecule has 6 nitrogen and oxygen atoms in total. The van der Waals surface area contributed by atoms with Crippen LogP contribution >= 0.6 is 0 Å². The molecular weight excluding hydrogens is 757 g/mol. The maximum Gasteiger partial charge on any atom is 0.306 e. The van der Waals surface area contributed by atoms with Gasteiger partial charge in [0, 0.05) is 19.3 Å². The SMILES string of the molecule is CCCCCCCC/C=C/C/C=C/CCC(=O)OC(COC(=O)CCCCCCCCCCCCCCC)COC(=O)CCCCCCCCCCCCCCCCCCC. The first-order valence-corrected chi connectivity index (χ1v) is 26.8. The van der Waals surface area contributed by atoms with E-state index in [1.807, 2.05) is 6.08 Å². The van der Waals surface area contributed by atoms with Crippen molar-refractivity contribution in [1.82, 2.24) is 0 Å². The van der Waals surface area contributed by atoms with Crippen molar-refractivity contribution in [3.63, 3.8) is 0 Å². The Labute approximate surface area is 379 Å². The molecule has 0 aliphatic carbocycles. The lowest BCUT2D eigenvalue weighted by molar-refractivity contribution is -0.166. The van der Waals surface area contributed by atoms with Crippen LogP contribution in [0.15, 0.2) is 24.3 Å². The van der Waals surface area contributed by atoms with E-state index in [0.29, 0.717) is 19.3 Å². The lowest BCUT2D eigenvalue weighted by Crippen LogP contribution is -2.30. The Morgan fingerprint density at radius 1 is 0.328 bits per heavy atom. The third-order valence-corrected chi connectivity index (χ3v) is 12.0. The number of hydrogen-bond donors (Lipinski definition) is 0. The van der Waals surface area contributed by atoms with Gasteiger partial charge in [0.2, 0.25) is 0 Å². The molecule has 61 heavy (non-hydrogen) atoms. The number of rotatable bonds is 49. The van der Waals surface area contributed by atoms with Crippen LogP contribution in [0.5, 0.6) is 0 Å². The molecule has 0 aromatic rings. The van der Waals surface area contributed by atoms with Crippen molar-refractivity contribution >= 4 is 17.9 Å². The summed E-state index contributed by atoms with van der Waals surface area (Å²) in [7, 11) is 0. The van der Waals surface area contributed by atoms with Gasteiger partial charge in [0.25, 0.3) is 0 Å². The van der Waals surface area contributed by atoms with Crippen LogP contribution in [0.3, 0.4) is 0 Å². The van der Waals surface area contributed by atoms with Crippen molar-refractivity contribution in [2.75, 3.05) is 13.2 Å². The van der Waals surface area contributed by atoms with E-state index >= 15 is 0 Å². The van der Waals surface area contributed by atoms with Gasteiger partial charge in [0.05, 0.1) is 0 Å². The lowest BCUT2D eigenvalue weighted by atomic mass is 10.0. The number of hydrogen-bond acceptors (Lipinski definition) is 6. The smallest absolute Gasteiger partial charge is 0.306 e. The normalized spacial score (nSPS) is 12.1. The molecule has 0 amide bonds. The van der Waals surface area contributed by atoms with E-state index in [1.165, 1.54) is 193 Å². The number of ether oxygens (including phenoxy) is 3. The monoisotopic (exact) mass is 859 g/mol. The predicted octanol–water partition coefficient (Wildman–Crippen LogP) is 17.5. The first-order valence-electron chi connectivity index (χ1n) is 26.8. The van der Waals surface area contributed by atoms with Gasteiger partial charge in [0.15, 0.2) is 6.10 Å². The van der Waals surface area contributed by atoms with E-state index in [-0.39, 0.29) is 37.5 Å². The second-order valence-electron chi connectivity index (χ2n) is 18.2. The van der Waals surface area contributed by atoms with Crippen LogP contribution in [0, 0.1) is 0 Å². The zero-order chi connectivity index (χ0) is 44.4. The molecule has 0 saturated carbocycles. The second kappa shape index (κ2) is 50.5. The van der Waals surface area contributed by atoms with E-state index in [1.54, 1.807) is 0 Å². The Hall–Kier alpha value is -2.11. The minimum atomic E-state index is -0.795. The molecule has 0 radical (unpaired) electrons. The summed E-state index contributed by atoms with van der Waals surface area (Å²) in [5, 5.41) is 0. The van der Waals surface area contributed by atoms with Crippen LogP contribution in [0.25, 0.3) is 0 Å². The molecule has 1 unspecified atom stereocenters. The molecule has 0 aromatic carbocycles. The molecule has 0 bridgehead atoms. The molecule has 0 aliphatic heterocycles. The summed E-state index contributed by atoms with van der Waals surface area (Å²) < 4.78 is 16.8. The van der Waals surface area contributed by atoms with Crippen LogP contribution in [-0.4, -0.2) is 37.2 Å². The third-order valence-electron chi connectivity index (χ3n) is 12.0. The fourth-order valence-electron chi connectivity index (χ4n) is 7.91. The van der Waals surface area contributed by atoms with Crippen LogP contribution in [0.1, 0.15) is 290 Å². The summed E-state index contributed by atoms with van der Waals surface area (Å²) in [5.74, 6) is -0.941. The highest BCUT2D eigenvalue weighted by molar-refractivity contribution is 5.71. The topological polar surface area (TPSA) is 78.9 Å². The molecule has 0 saturated heterocycles. The maximum atomic E-state index is 12.7. The van der Waals surface area contributed by atoms with Gasteiger partial charge in [-0.2, -0.15) is 0 Å². The fourth-order valence-corrected chi connectivity index (χ4v) is 7.91. The van der Waals surface area contributed by atoms with Gasteiger partial charge < -0.3 is 14.2 Å². The predicted molar refractivity (Wildman–Crippen MR) is 261 cm³/mol. The van der Waals surface area contributed by atoms with Crippen molar-refractivity contribution in [3.05, 3.63) is 24.3 Å². The van der Waals surface area contributed by atoms with Crippen molar-refractivity contribution in [2.24, 2.45) is 0 Å². The highest BCUT2D eigenvalue weighted by Gasteiger charge is 2.19. The Balaban J connectivity index is 4.36. The Bertz CT molecular complexity index is 989. The second-order valence-corrected chi connectivity index (χ2v) is 18.2. The van der Waals surface area contributed by atoms with Gasteiger partial charge >= 0.3 is 17.9 Å². The maximum absolute atomic E-state index is 12.7. The molecule has 0 aliphatic rings. The van der Waals surface area contributed by atoms with E-state index < -0.39 is 6.10 Å². The summed E-state index contributed by atoms with van der Waals surface area (Å²) in [6.07, 6.45) is 57.5. The first-order chi connectivity index (χ1) is 30.0.